The van der Waals surface area contributed by atoms with E-state index in [9.17, 15) is 0 Å². The summed E-state index contributed by atoms with van der Waals surface area (Å²) < 4.78 is 39.4. The molecule has 0 bridgehead atoms. The molecule has 0 aromatic heterocycles. The first kappa shape index (κ1) is 25.5. The Hall–Kier alpha value is 0.590. The molecule has 0 fully saturated rings. The van der Waals surface area contributed by atoms with Gasteiger partial charge in [0, 0.05) is 10.4 Å². The van der Waals surface area contributed by atoms with Gasteiger partial charge in [0.25, 0.3) is 0 Å². The molecule has 1 rings (SSSR count). The molecule has 9 heteroatoms. The van der Waals surface area contributed by atoms with Crippen molar-refractivity contribution in [1.82, 2.24) is 0 Å². The van der Waals surface area contributed by atoms with Crippen molar-refractivity contribution in [3.05, 3.63) is 42.5 Å². The summed E-state index contributed by atoms with van der Waals surface area (Å²) in [4.78, 5) is 0. The minimum Gasteiger partial charge on any atom is -0.759 e. The number of hydrogen-bond donors (Lipinski definition) is 1. The molecule has 0 saturated heterocycles. The van der Waals surface area contributed by atoms with E-state index in [0.717, 1.165) is 17.7 Å². The van der Waals surface area contributed by atoms with Crippen LogP contribution in [0, 0.1) is 0 Å². The zero-order chi connectivity index (χ0) is 14.0. The summed E-state index contributed by atoms with van der Waals surface area (Å²) in [5.74, 6) is 0.830. The van der Waals surface area contributed by atoms with E-state index in [-0.39, 0.29) is 65.7 Å². The van der Waals surface area contributed by atoms with Gasteiger partial charge < -0.3 is 18.9 Å². The van der Waals surface area contributed by atoms with E-state index < -0.39 is 10.4 Å². The standard InChI is InChI=1S/C11H14O2.2Na.H2O4S/c1-2-5-10-6-3-4-7-11(10)13-9-8-12;;;1-5(2,3)4/h2-4,6-7,12H,1,5,8-9H2;;;(H2,1,2,3,4)/q;2*+1;/p-2. The van der Waals surface area contributed by atoms with E-state index in [1.54, 1.807) is 0 Å². The van der Waals surface area contributed by atoms with Crippen LogP contribution in [0.15, 0.2) is 36.9 Å². The van der Waals surface area contributed by atoms with Crippen LogP contribution >= 0.6 is 0 Å². The molecular weight excluding hydrogens is 306 g/mol. The van der Waals surface area contributed by atoms with Crippen molar-refractivity contribution in [2.24, 2.45) is 0 Å². The van der Waals surface area contributed by atoms with Gasteiger partial charge in [0.1, 0.15) is 12.4 Å². The van der Waals surface area contributed by atoms with Crippen LogP contribution in [0.2, 0.25) is 0 Å². The summed E-state index contributed by atoms with van der Waals surface area (Å²) in [6, 6.07) is 7.77. The van der Waals surface area contributed by atoms with Crippen LogP contribution in [0.25, 0.3) is 0 Å². The molecule has 0 unspecified atom stereocenters. The average molecular weight is 320 g/mol. The van der Waals surface area contributed by atoms with Gasteiger partial charge in [0.2, 0.25) is 0 Å². The van der Waals surface area contributed by atoms with E-state index in [1.165, 1.54) is 0 Å². The molecule has 6 nitrogen and oxygen atoms in total. The van der Waals surface area contributed by atoms with Gasteiger partial charge in [-0.2, -0.15) is 0 Å². The van der Waals surface area contributed by atoms with Crippen molar-refractivity contribution in [3.8, 4) is 5.75 Å². The van der Waals surface area contributed by atoms with E-state index in [2.05, 4.69) is 6.58 Å². The maximum absolute atomic E-state index is 8.60. The third-order valence-corrected chi connectivity index (χ3v) is 1.69. The number of benzene rings is 1. The Balaban J connectivity index is -0.000000361. The summed E-state index contributed by atoms with van der Waals surface area (Å²) in [5, 5.41) is 8.60. The summed E-state index contributed by atoms with van der Waals surface area (Å²) in [6.45, 7) is 4.06. The van der Waals surface area contributed by atoms with Crippen LogP contribution in [0.5, 0.6) is 5.75 Å². The third kappa shape index (κ3) is 16.6. The number of para-hydroxylation sites is 1. The van der Waals surface area contributed by atoms with Gasteiger partial charge in [0.15, 0.2) is 0 Å². The first-order chi connectivity index (χ1) is 8.38. The van der Waals surface area contributed by atoms with Crippen molar-refractivity contribution in [2.75, 3.05) is 13.2 Å². The molecule has 102 valence electrons. The summed E-state index contributed by atoms with van der Waals surface area (Å²) >= 11 is 0. The fourth-order valence-electron chi connectivity index (χ4n) is 1.12. The molecule has 0 aliphatic heterocycles. The second-order valence-electron chi connectivity index (χ2n) is 3.08. The fourth-order valence-corrected chi connectivity index (χ4v) is 1.12. The maximum Gasteiger partial charge on any atom is 1.00 e. The van der Waals surface area contributed by atoms with E-state index in [1.807, 2.05) is 30.3 Å². The van der Waals surface area contributed by atoms with Crippen LogP contribution in [0.3, 0.4) is 0 Å². The molecule has 0 radical (unpaired) electrons. The van der Waals surface area contributed by atoms with Crippen LogP contribution < -0.4 is 63.9 Å². The van der Waals surface area contributed by atoms with Crippen molar-refractivity contribution in [1.29, 1.82) is 0 Å². The molecular formula is C11H14Na2O6S. The molecule has 20 heavy (non-hydrogen) atoms. The fraction of sp³-hybridized carbons (Fsp3) is 0.273. The molecule has 0 saturated carbocycles. The SMILES string of the molecule is C=CCc1ccccc1OCCO.O=S(=O)([O-])[O-].[Na+].[Na+]. The molecule has 0 aliphatic rings. The first-order valence-corrected chi connectivity index (χ1v) is 6.31. The number of hydrogen-bond acceptors (Lipinski definition) is 6. The van der Waals surface area contributed by atoms with Crippen molar-refractivity contribution < 1.29 is 86.5 Å². The van der Waals surface area contributed by atoms with Crippen LogP contribution in [0.1, 0.15) is 5.56 Å². The molecule has 0 aliphatic carbocycles. The van der Waals surface area contributed by atoms with Crippen molar-refractivity contribution >= 4 is 10.4 Å². The number of aliphatic hydroxyl groups excluding tert-OH is 1. The molecule has 1 aromatic carbocycles. The summed E-state index contributed by atoms with van der Waals surface area (Å²) in [5.41, 5.74) is 1.10. The second-order valence-corrected chi connectivity index (χ2v) is 3.90. The second kappa shape index (κ2) is 14.5. The number of rotatable bonds is 5. The van der Waals surface area contributed by atoms with Crippen molar-refractivity contribution in [2.45, 2.75) is 6.42 Å². The van der Waals surface area contributed by atoms with Gasteiger partial charge >= 0.3 is 59.1 Å². The van der Waals surface area contributed by atoms with E-state index in [4.69, 9.17) is 27.4 Å². The molecule has 1 N–H and O–H groups in total. The molecule has 0 heterocycles. The number of aliphatic hydroxyl groups is 1. The Kier molecular flexibility index (Phi) is 18.5. The van der Waals surface area contributed by atoms with Crippen LogP contribution in [-0.4, -0.2) is 35.8 Å². The Labute approximate surface area is 163 Å². The topological polar surface area (TPSA) is 110 Å². The largest absolute Gasteiger partial charge is 1.00 e. The summed E-state index contributed by atoms with van der Waals surface area (Å²) in [7, 11) is -5.17. The Morgan fingerprint density at radius 2 is 1.75 bits per heavy atom. The zero-order valence-electron chi connectivity index (χ0n) is 11.6. The van der Waals surface area contributed by atoms with Gasteiger partial charge in [-0.25, -0.2) is 0 Å². The smallest absolute Gasteiger partial charge is 0.759 e. The number of ether oxygens (including phenoxy) is 1. The third-order valence-electron chi connectivity index (χ3n) is 1.69. The molecule has 0 amide bonds. The van der Waals surface area contributed by atoms with Gasteiger partial charge in [-0.3, -0.25) is 8.42 Å². The summed E-state index contributed by atoms with van der Waals surface area (Å²) in [6.07, 6.45) is 2.63. The van der Waals surface area contributed by atoms with Gasteiger partial charge in [-0.15, -0.1) is 6.58 Å². The van der Waals surface area contributed by atoms with Crippen LogP contribution in [0.4, 0.5) is 0 Å². The zero-order valence-corrected chi connectivity index (χ0v) is 16.4. The van der Waals surface area contributed by atoms with Crippen molar-refractivity contribution in [3.63, 3.8) is 0 Å². The first-order valence-electron chi connectivity index (χ1n) is 4.97. The van der Waals surface area contributed by atoms with E-state index >= 15 is 0 Å². The minimum atomic E-state index is -5.17. The van der Waals surface area contributed by atoms with Gasteiger partial charge in [-0.05, 0) is 18.1 Å². The molecule has 0 atom stereocenters. The predicted octanol–water partition coefficient (Wildman–Crippen LogP) is -5.54. The molecule has 0 spiro atoms. The normalized spacial score (nSPS) is 9.15. The maximum atomic E-state index is 8.60. The van der Waals surface area contributed by atoms with Gasteiger partial charge in [0.05, 0.1) is 6.61 Å². The van der Waals surface area contributed by atoms with Crippen LogP contribution in [-0.2, 0) is 16.8 Å². The average Bonchev–Trinajstić information content (AvgIpc) is 2.26. The van der Waals surface area contributed by atoms with Gasteiger partial charge in [-0.1, -0.05) is 24.3 Å². The Morgan fingerprint density at radius 3 is 2.20 bits per heavy atom. The quantitative estimate of drug-likeness (QED) is 0.251. The monoisotopic (exact) mass is 320 g/mol. The minimum absolute atomic E-state index is 0. The predicted molar refractivity (Wildman–Crippen MR) is 63.4 cm³/mol. The Bertz CT molecular complexity index is 456. The molecule has 1 aromatic rings. The number of allylic oxidation sites excluding steroid dienone is 1. The van der Waals surface area contributed by atoms with E-state index in [0.29, 0.717) is 6.61 Å². The Morgan fingerprint density at radius 1 is 1.25 bits per heavy atom.